The van der Waals surface area contributed by atoms with E-state index in [0.717, 1.165) is 6.42 Å². The van der Waals surface area contributed by atoms with Crippen LogP contribution in [0.25, 0.3) is 0 Å². The number of aromatic nitrogens is 1. The summed E-state index contributed by atoms with van der Waals surface area (Å²) in [6, 6.07) is 1.51. The van der Waals surface area contributed by atoms with Crippen LogP contribution < -0.4 is 5.32 Å². The Bertz CT molecular complexity index is 404. The van der Waals surface area contributed by atoms with E-state index in [0.29, 0.717) is 22.3 Å². The van der Waals surface area contributed by atoms with E-state index in [2.05, 4.69) is 5.32 Å². The summed E-state index contributed by atoms with van der Waals surface area (Å²) >= 11 is 11.7. The third-order valence-electron chi connectivity index (χ3n) is 2.47. The number of nitrogens with zero attached hydrogens (tertiary/aromatic N) is 1. The Kier molecular flexibility index (Phi) is 5.31. The summed E-state index contributed by atoms with van der Waals surface area (Å²) in [7, 11) is 1.66. The number of hydrogen-bond donors (Lipinski definition) is 2. The van der Waals surface area contributed by atoms with Crippen molar-refractivity contribution in [1.82, 2.24) is 9.88 Å². The number of rotatable bonds is 5. The Morgan fingerprint density at radius 3 is 2.71 bits per heavy atom. The number of halogens is 2. The van der Waals surface area contributed by atoms with Crippen LogP contribution >= 0.6 is 23.2 Å². The molecule has 0 fully saturated rings. The van der Waals surface area contributed by atoms with Crippen molar-refractivity contribution in [2.45, 2.75) is 25.9 Å². The fourth-order valence-electron chi connectivity index (χ4n) is 1.50. The second kappa shape index (κ2) is 6.28. The summed E-state index contributed by atoms with van der Waals surface area (Å²) < 4.78 is 1.51. The van der Waals surface area contributed by atoms with Gasteiger partial charge in [0.05, 0.1) is 11.1 Å². The average molecular weight is 279 g/mol. The maximum atomic E-state index is 11.8. The molecule has 17 heavy (non-hydrogen) atoms. The number of carbonyl (C=O) groups excluding carboxylic acids is 1. The molecule has 2 N–H and O–H groups in total. The molecule has 96 valence electrons. The summed E-state index contributed by atoms with van der Waals surface area (Å²) in [5.74, 6) is -0.295. The van der Waals surface area contributed by atoms with Gasteiger partial charge in [0.1, 0.15) is 10.8 Å². The van der Waals surface area contributed by atoms with E-state index in [1.165, 1.54) is 10.6 Å². The lowest BCUT2D eigenvalue weighted by Crippen LogP contribution is -2.33. The minimum Gasteiger partial charge on any atom is -0.391 e. The van der Waals surface area contributed by atoms with E-state index in [4.69, 9.17) is 23.2 Å². The van der Waals surface area contributed by atoms with E-state index >= 15 is 0 Å². The first kappa shape index (κ1) is 14.4. The van der Waals surface area contributed by atoms with Gasteiger partial charge < -0.3 is 15.0 Å². The maximum Gasteiger partial charge on any atom is 0.268 e. The SMILES string of the molecule is CCCC(O)CNC(=O)c1cc(Cl)c(Cl)n1C. The quantitative estimate of drug-likeness (QED) is 0.868. The largest absolute Gasteiger partial charge is 0.391 e. The smallest absolute Gasteiger partial charge is 0.268 e. The standard InChI is InChI=1S/C11H16Cl2N2O2/c1-3-4-7(16)6-14-11(17)9-5-8(12)10(13)15(9)2/h5,7,16H,3-4,6H2,1-2H3,(H,14,17). The Morgan fingerprint density at radius 1 is 1.59 bits per heavy atom. The van der Waals surface area contributed by atoms with E-state index in [-0.39, 0.29) is 12.5 Å². The highest BCUT2D eigenvalue weighted by Gasteiger charge is 2.16. The van der Waals surface area contributed by atoms with E-state index < -0.39 is 6.10 Å². The number of carbonyl (C=O) groups is 1. The van der Waals surface area contributed by atoms with E-state index in [9.17, 15) is 9.90 Å². The summed E-state index contributed by atoms with van der Waals surface area (Å²) in [6.45, 7) is 2.20. The molecule has 0 saturated carbocycles. The normalized spacial score (nSPS) is 12.5. The first-order chi connectivity index (χ1) is 7.97. The molecule has 6 heteroatoms. The minimum atomic E-state index is -0.518. The highest BCUT2D eigenvalue weighted by atomic mass is 35.5. The first-order valence-corrected chi connectivity index (χ1v) is 6.20. The topological polar surface area (TPSA) is 54.3 Å². The lowest BCUT2D eigenvalue weighted by molar-refractivity contribution is 0.0902. The van der Waals surface area contributed by atoms with Crippen LogP contribution in [0.2, 0.25) is 10.2 Å². The molecule has 1 atom stereocenters. The van der Waals surface area contributed by atoms with Gasteiger partial charge in [-0.2, -0.15) is 0 Å². The molecule has 0 bridgehead atoms. The zero-order valence-corrected chi connectivity index (χ0v) is 11.3. The summed E-state index contributed by atoms with van der Waals surface area (Å²) in [5.41, 5.74) is 0.378. The molecule has 4 nitrogen and oxygen atoms in total. The van der Waals surface area contributed by atoms with Gasteiger partial charge in [0.25, 0.3) is 5.91 Å². The van der Waals surface area contributed by atoms with Crippen molar-refractivity contribution < 1.29 is 9.90 Å². The molecule has 0 aliphatic heterocycles. The molecular weight excluding hydrogens is 263 g/mol. The van der Waals surface area contributed by atoms with Gasteiger partial charge in [-0.25, -0.2) is 0 Å². The van der Waals surface area contributed by atoms with Crippen molar-refractivity contribution in [3.63, 3.8) is 0 Å². The van der Waals surface area contributed by atoms with Crippen molar-refractivity contribution >= 4 is 29.1 Å². The Labute approximate surface area is 111 Å². The molecule has 1 aromatic heterocycles. The highest BCUT2D eigenvalue weighted by molar-refractivity contribution is 6.41. The molecule has 1 aromatic rings. The molecule has 0 saturated heterocycles. The second-order valence-corrected chi connectivity index (χ2v) is 4.65. The lowest BCUT2D eigenvalue weighted by Gasteiger charge is -2.11. The van der Waals surface area contributed by atoms with Crippen molar-refractivity contribution in [3.05, 3.63) is 21.9 Å². The predicted molar refractivity (Wildman–Crippen MR) is 68.7 cm³/mol. The van der Waals surface area contributed by atoms with Gasteiger partial charge in [0.2, 0.25) is 0 Å². The van der Waals surface area contributed by atoms with Gasteiger partial charge in [-0.1, -0.05) is 36.5 Å². The van der Waals surface area contributed by atoms with Crippen molar-refractivity contribution in [3.8, 4) is 0 Å². The summed E-state index contributed by atoms with van der Waals surface area (Å²) in [5, 5.41) is 12.8. The lowest BCUT2D eigenvalue weighted by atomic mass is 10.2. The fourth-order valence-corrected chi connectivity index (χ4v) is 1.87. The number of amides is 1. The fraction of sp³-hybridized carbons (Fsp3) is 0.545. The third kappa shape index (κ3) is 3.63. The van der Waals surface area contributed by atoms with Crippen molar-refractivity contribution in [2.24, 2.45) is 7.05 Å². The molecule has 0 spiro atoms. The first-order valence-electron chi connectivity index (χ1n) is 5.44. The monoisotopic (exact) mass is 278 g/mol. The van der Waals surface area contributed by atoms with Crippen LogP contribution in [0.5, 0.6) is 0 Å². The van der Waals surface area contributed by atoms with Gasteiger partial charge in [-0.15, -0.1) is 0 Å². The van der Waals surface area contributed by atoms with Crippen molar-refractivity contribution in [2.75, 3.05) is 6.54 Å². The molecular formula is C11H16Cl2N2O2. The Balaban J connectivity index is 2.61. The van der Waals surface area contributed by atoms with Crippen LogP contribution in [0.1, 0.15) is 30.3 Å². The van der Waals surface area contributed by atoms with Gasteiger partial charge >= 0.3 is 0 Å². The Morgan fingerprint density at radius 2 is 2.24 bits per heavy atom. The van der Waals surface area contributed by atoms with Crippen LogP contribution in [0.15, 0.2) is 6.07 Å². The van der Waals surface area contributed by atoms with E-state index in [1.807, 2.05) is 6.92 Å². The minimum absolute atomic E-state index is 0.229. The van der Waals surface area contributed by atoms with Gasteiger partial charge in [-0.3, -0.25) is 4.79 Å². The molecule has 1 amide bonds. The number of aliphatic hydroxyl groups excluding tert-OH is 1. The molecule has 0 radical (unpaired) electrons. The molecule has 0 aliphatic carbocycles. The van der Waals surface area contributed by atoms with Crippen LogP contribution in [0.4, 0.5) is 0 Å². The number of hydrogen-bond acceptors (Lipinski definition) is 2. The average Bonchev–Trinajstić information content (AvgIpc) is 2.54. The highest BCUT2D eigenvalue weighted by Crippen LogP contribution is 2.24. The molecule has 0 aliphatic rings. The predicted octanol–water partition coefficient (Wildman–Crippen LogP) is 2.22. The zero-order chi connectivity index (χ0) is 13.0. The third-order valence-corrected chi connectivity index (χ3v) is 3.31. The zero-order valence-electron chi connectivity index (χ0n) is 9.83. The van der Waals surface area contributed by atoms with Crippen LogP contribution in [-0.4, -0.2) is 28.2 Å². The second-order valence-electron chi connectivity index (χ2n) is 3.88. The molecule has 1 rings (SSSR count). The summed E-state index contributed by atoms with van der Waals surface area (Å²) in [4.78, 5) is 11.8. The molecule has 0 aromatic carbocycles. The molecule has 1 heterocycles. The maximum absolute atomic E-state index is 11.8. The van der Waals surface area contributed by atoms with Crippen molar-refractivity contribution in [1.29, 1.82) is 0 Å². The van der Waals surface area contributed by atoms with Gasteiger partial charge in [-0.05, 0) is 12.5 Å². The summed E-state index contributed by atoms with van der Waals surface area (Å²) in [6.07, 6.45) is 1.02. The van der Waals surface area contributed by atoms with Crippen LogP contribution in [0, 0.1) is 0 Å². The van der Waals surface area contributed by atoms with Crippen LogP contribution in [0.3, 0.4) is 0 Å². The molecule has 1 unspecified atom stereocenters. The van der Waals surface area contributed by atoms with Gasteiger partial charge in [0.15, 0.2) is 0 Å². The van der Waals surface area contributed by atoms with E-state index in [1.54, 1.807) is 7.05 Å². The van der Waals surface area contributed by atoms with Crippen LogP contribution in [-0.2, 0) is 7.05 Å². The van der Waals surface area contributed by atoms with Gasteiger partial charge in [0, 0.05) is 13.6 Å². The Hall–Kier alpha value is -0.710. The number of nitrogens with one attached hydrogen (secondary N) is 1. The number of aliphatic hydroxyl groups is 1.